The van der Waals surface area contributed by atoms with E-state index >= 15 is 0 Å². The van der Waals surface area contributed by atoms with Gasteiger partial charge in [0.15, 0.2) is 0 Å². The van der Waals surface area contributed by atoms with Crippen LogP contribution in [-0.4, -0.2) is 14.6 Å². The molecule has 0 unspecified atom stereocenters. The highest BCUT2D eigenvalue weighted by atomic mass is 32.2. The molecule has 0 aliphatic rings. The molecule has 3 rings (SSSR count). The van der Waals surface area contributed by atoms with Gasteiger partial charge in [0, 0.05) is 0 Å². The lowest BCUT2D eigenvalue weighted by Crippen LogP contribution is -2.19. The maximum Gasteiger partial charge on any atom is 0.276 e. The van der Waals surface area contributed by atoms with Crippen LogP contribution >= 0.6 is 0 Å². The van der Waals surface area contributed by atoms with E-state index in [0.717, 1.165) is 22.4 Å². The second-order valence-corrected chi connectivity index (χ2v) is 8.09. The molecule has 0 saturated heterocycles. The van der Waals surface area contributed by atoms with E-state index in [2.05, 4.69) is 9.93 Å². The third kappa shape index (κ3) is 5.20. The molecule has 0 amide bonds. The minimum atomic E-state index is -3.70. The topological polar surface area (TPSA) is 67.8 Å². The predicted octanol–water partition coefficient (Wildman–Crippen LogP) is 4.19. The first-order valence-corrected chi connectivity index (χ1v) is 10.3. The van der Waals surface area contributed by atoms with Crippen molar-refractivity contribution >= 4 is 16.2 Å². The van der Waals surface area contributed by atoms with E-state index < -0.39 is 10.0 Å². The van der Waals surface area contributed by atoms with Crippen LogP contribution in [0.2, 0.25) is 0 Å². The Morgan fingerprint density at radius 2 is 1.68 bits per heavy atom. The lowest BCUT2D eigenvalue weighted by atomic mass is 10.2. The normalized spacial score (nSPS) is 11.5. The van der Waals surface area contributed by atoms with Crippen molar-refractivity contribution in [1.29, 1.82) is 0 Å². The molecule has 3 aromatic carbocycles. The van der Waals surface area contributed by atoms with Crippen LogP contribution < -0.4 is 9.57 Å². The summed E-state index contributed by atoms with van der Waals surface area (Å²) in [6, 6.07) is 22.5. The molecule has 0 aliphatic carbocycles. The van der Waals surface area contributed by atoms with Crippen LogP contribution in [0.1, 0.15) is 22.3 Å². The molecule has 3 aromatic rings. The zero-order valence-electron chi connectivity index (χ0n) is 15.8. The largest absolute Gasteiger partial charge is 0.489 e. The number of aryl methyl sites for hydroxylation is 2. The Morgan fingerprint density at radius 3 is 2.39 bits per heavy atom. The number of ether oxygens (including phenoxy) is 1. The Bertz CT molecular complexity index is 1060. The summed E-state index contributed by atoms with van der Waals surface area (Å²) in [7, 11) is -3.70. The fourth-order valence-electron chi connectivity index (χ4n) is 2.61. The Labute approximate surface area is 165 Å². The first kappa shape index (κ1) is 19.6. The third-order valence-electron chi connectivity index (χ3n) is 4.15. The molecule has 1 N–H and O–H groups in total. The molecule has 0 atom stereocenters. The molecular formula is C22H22N2O3S. The van der Waals surface area contributed by atoms with Gasteiger partial charge in [-0.25, -0.2) is 4.83 Å². The van der Waals surface area contributed by atoms with Gasteiger partial charge in [0.05, 0.1) is 11.1 Å². The maximum atomic E-state index is 12.4. The third-order valence-corrected chi connectivity index (χ3v) is 5.51. The standard InChI is InChI=1S/C22H22N2O3S/c1-17-8-9-18(2)22(14-17)28(25,26)24-23-15-19-10-12-21(13-11-19)27-16-20-6-4-3-5-7-20/h3-15,24H,16H2,1-2H3/b23-15-. The van der Waals surface area contributed by atoms with Gasteiger partial charge in [0.25, 0.3) is 10.0 Å². The van der Waals surface area contributed by atoms with Crippen molar-refractivity contribution in [2.24, 2.45) is 5.10 Å². The molecule has 0 heterocycles. The van der Waals surface area contributed by atoms with Crippen LogP contribution in [0.15, 0.2) is 82.8 Å². The van der Waals surface area contributed by atoms with Crippen molar-refractivity contribution in [2.75, 3.05) is 0 Å². The van der Waals surface area contributed by atoms with Crippen molar-refractivity contribution in [3.8, 4) is 5.75 Å². The Balaban J connectivity index is 1.60. The lowest BCUT2D eigenvalue weighted by Gasteiger charge is -2.08. The second-order valence-electron chi connectivity index (χ2n) is 6.47. The van der Waals surface area contributed by atoms with Gasteiger partial charge < -0.3 is 4.74 Å². The molecule has 0 fully saturated rings. The molecule has 5 nitrogen and oxygen atoms in total. The molecular weight excluding hydrogens is 372 g/mol. The van der Waals surface area contributed by atoms with Gasteiger partial charge in [-0.2, -0.15) is 13.5 Å². The van der Waals surface area contributed by atoms with Crippen LogP contribution in [0.25, 0.3) is 0 Å². The minimum absolute atomic E-state index is 0.231. The summed E-state index contributed by atoms with van der Waals surface area (Å²) in [5.41, 5.74) is 3.40. The van der Waals surface area contributed by atoms with Crippen LogP contribution in [0.4, 0.5) is 0 Å². The first-order valence-electron chi connectivity index (χ1n) is 8.83. The zero-order valence-corrected chi connectivity index (χ0v) is 16.6. The van der Waals surface area contributed by atoms with Crippen molar-refractivity contribution in [3.63, 3.8) is 0 Å². The average Bonchev–Trinajstić information content (AvgIpc) is 2.70. The summed E-state index contributed by atoms with van der Waals surface area (Å²) in [6.07, 6.45) is 1.46. The van der Waals surface area contributed by atoms with E-state index in [1.165, 1.54) is 6.21 Å². The number of hydrogen-bond donors (Lipinski definition) is 1. The summed E-state index contributed by atoms with van der Waals surface area (Å²) in [5.74, 6) is 0.733. The Morgan fingerprint density at radius 1 is 0.964 bits per heavy atom. The Kier molecular flexibility index (Phi) is 6.11. The smallest absolute Gasteiger partial charge is 0.276 e. The van der Waals surface area contributed by atoms with E-state index in [4.69, 9.17) is 4.74 Å². The fourth-order valence-corrected chi connectivity index (χ4v) is 3.73. The van der Waals surface area contributed by atoms with Crippen LogP contribution in [0.3, 0.4) is 0 Å². The molecule has 0 radical (unpaired) electrons. The summed E-state index contributed by atoms with van der Waals surface area (Å²) < 4.78 is 30.6. The number of benzene rings is 3. The average molecular weight is 394 g/mol. The van der Waals surface area contributed by atoms with E-state index in [1.54, 1.807) is 19.1 Å². The van der Waals surface area contributed by atoms with Crippen molar-refractivity contribution in [1.82, 2.24) is 4.83 Å². The highest BCUT2D eigenvalue weighted by Crippen LogP contribution is 2.17. The summed E-state index contributed by atoms with van der Waals surface area (Å²) in [4.78, 5) is 2.49. The molecule has 0 aromatic heterocycles. The number of rotatable bonds is 7. The Hall–Kier alpha value is -3.12. The van der Waals surface area contributed by atoms with E-state index in [-0.39, 0.29) is 4.90 Å². The SMILES string of the molecule is Cc1ccc(C)c(S(=O)(=O)N/N=C\c2ccc(OCc3ccccc3)cc2)c1. The number of hydrazone groups is 1. The summed E-state index contributed by atoms with van der Waals surface area (Å²) in [5, 5.41) is 3.88. The van der Waals surface area contributed by atoms with Crippen LogP contribution in [0, 0.1) is 13.8 Å². The van der Waals surface area contributed by atoms with Gasteiger partial charge >= 0.3 is 0 Å². The fraction of sp³-hybridized carbons (Fsp3) is 0.136. The van der Waals surface area contributed by atoms with Crippen molar-refractivity contribution < 1.29 is 13.2 Å². The maximum absolute atomic E-state index is 12.4. The summed E-state index contributed by atoms with van der Waals surface area (Å²) >= 11 is 0. The number of hydrogen-bond acceptors (Lipinski definition) is 4. The quantitative estimate of drug-likeness (QED) is 0.482. The number of sulfonamides is 1. The molecule has 0 bridgehead atoms. The highest BCUT2D eigenvalue weighted by molar-refractivity contribution is 7.89. The number of nitrogens with zero attached hydrogens (tertiary/aromatic N) is 1. The molecule has 0 saturated carbocycles. The predicted molar refractivity (Wildman–Crippen MR) is 111 cm³/mol. The van der Waals surface area contributed by atoms with Gasteiger partial charge in [0.2, 0.25) is 0 Å². The van der Waals surface area contributed by atoms with Crippen molar-refractivity contribution in [2.45, 2.75) is 25.3 Å². The molecule has 28 heavy (non-hydrogen) atoms. The zero-order chi connectivity index (χ0) is 20.0. The molecule has 144 valence electrons. The van der Waals surface area contributed by atoms with E-state index in [1.807, 2.05) is 67.6 Å². The minimum Gasteiger partial charge on any atom is -0.489 e. The number of nitrogens with one attached hydrogen (secondary N) is 1. The summed E-state index contributed by atoms with van der Waals surface area (Å²) in [6.45, 7) is 4.10. The highest BCUT2D eigenvalue weighted by Gasteiger charge is 2.15. The second kappa shape index (κ2) is 8.71. The van der Waals surface area contributed by atoms with Crippen molar-refractivity contribution in [3.05, 3.63) is 95.1 Å². The van der Waals surface area contributed by atoms with Crippen LogP contribution in [-0.2, 0) is 16.6 Å². The molecule has 0 aliphatic heterocycles. The van der Waals surface area contributed by atoms with E-state index in [0.29, 0.717) is 12.2 Å². The van der Waals surface area contributed by atoms with Gasteiger partial charge in [-0.1, -0.05) is 42.5 Å². The monoisotopic (exact) mass is 394 g/mol. The van der Waals surface area contributed by atoms with Gasteiger partial charge in [-0.3, -0.25) is 0 Å². The molecule has 0 spiro atoms. The van der Waals surface area contributed by atoms with Gasteiger partial charge in [-0.05, 0) is 66.4 Å². The lowest BCUT2D eigenvalue weighted by molar-refractivity contribution is 0.306. The van der Waals surface area contributed by atoms with Crippen LogP contribution in [0.5, 0.6) is 5.75 Å². The van der Waals surface area contributed by atoms with Gasteiger partial charge in [-0.15, -0.1) is 0 Å². The molecule has 6 heteroatoms. The van der Waals surface area contributed by atoms with E-state index in [9.17, 15) is 8.42 Å². The first-order chi connectivity index (χ1) is 13.4. The van der Waals surface area contributed by atoms with Gasteiger partial charge in [0.1, 0.15) is 12.4 Å².